The quantitative estimate of drug-likeness (QED) is 0.497. The number of piperidine rings is 1. The average molecular weight is 429 g/mol. The van der Waals surface area contributed by atoms with Crippen LogP contribution < -0.4 is 0 Å². The Hall–Kier alpha value is -3.54. The minimum atomic E-state index is -0.210. The number of aromatic nitrogens is 3. The minimum absolute atomic E-state index is 0.0337. The molecule has 2 aromatic heterocycles. The molecule has 1 fully saturated rings. The van der Waals surface area contributed by atoms with E-state index in [9.17, 15) is 9.18 Å². The fraction of sp³-hybridized carbons (Fsp3) is 0.269. The van der Waals surface area contributed by atoms with Crippen molar-refractivity contribution in [2.45, 2.75) is 32.1 Å². The number of nitrogens with zero attached hydrogens (tertiary/aromatic N) is 3. The first-order valence-corrected chi connectivity index (χ1v) is 11.0. The second-order valence-corrected chi connectivity index (χ2v) is 8.47. The Balaban J connectivity index is 1.33. The van der Waals surface area contributed by atoms with Crippen molar-refractivity contribution in [2.24, 2.45) is 0 Å². The molecule has 1 aliphatic rings. The highest BCUT2D eigenvalue weighted by molar-refractivity contribution is 5.97. The van der Waals surface area contributed by atoms with E-state index in [1.807, 2.05) is 54.3 Å². The Bertz CT molecular complexity index is 1280. The number of amides is 1. The maximum Gasteiger partial charge on any atom is 0.253 e. The summed E-state index contributed by atoms with van der Waals surface area (Å²) in [6.07, 6.45) is 2.37. The summed E-state index contributed by atoms with van der Waals surface area (Å²) in [4.78, 5) is 27.6. The van der Waals surface area contributed by atoms with Gasteiger partial charge in [0.05, 0.1) is 11.0 Å². The summed E-state index contributed by atoms with van der Waals surface area (Å²) in [6, 6.07) is 18.4. The van der Waals surface area contributed by atoms with E-state index in [0.29, 0.717) is 24.1 Å². The molecule has 32 heavy (non-hydrogen) atoms. The lowest BCUT2D eigenvalue weighted by Crippen LogP contribution is -2.39. The number of carbonyl (C=O) groups is 1. The first-order chi connectivity index (χ1) is 15.6. The molecule has 5 rings (SSSR count). The molecule has 0 aliphatic carbocycles. The number of hydrogen-bond donors (Lipinski definition) is 1. The highest BCUT2D eigenvalue weighted by atomic mass is 19.1. The third-order valence-electron chi connectivity index (χ3n) is 6.13. The maximum atomic E-state index is 14.1. The van der Waals surface area contributed by atoms with Crippen LogP contribution >= 0.6 is 0 Å². The number of pyridine rings is 1. The smallest absolute Gasteiger partial charge is 0.253 e. The maximum absolute atomic E-state index is 14.1. The van der Waals surface area contributed by atoms with Crippen LogP contribution in [0.2, 0.25) is 0 Å². The number of aryl methyl sites for hydroxylation is 1. The molecule has 1 unspecified atom stereocenters. The number of carbonyl (C=O) groups excluding carboxylic acids is 1. The van der Waals surface area contributed by atoms with Crippen LogP contribution in [0.3, 0.4) is 0 Å². The number of H-pyrrole nitrogens is 1. The SMILES string of the molecule is Cc1nc2ccc(C(=O)N3CCCC(c4cccc(Cc5ccccc5F)n4)C3)cc2[nH]1. The molecule has 1 saturated heterocycles. The van der Waals surface area contributed by atoms with Gasteiger partial charge in [-0.25, -0.2) is 9.37 Å². The lowest BCUT2D eigenvalue weighted by Gasteiger charge is -2.32. The van der Waals surface area contributed by atoms with Crippen LogP contribution in [-0.4, -0.2) is 38.8 Å². The average Bonchev–Trinajstić information content (AvgIpc) is 3.19. The van der Waals surface area contributed by atoms with Gasteiger partial charge in [-0.15, -0.1) is 0 Å². The van der Waals surface area contributed by atoms with E-state index in [-0.39, 0.29) is 17.6 Å². The van der Waals surface area contributed by atoms with Gasteiger partial charge in [0.2, 0.25) is 0 Å². The van der Waals surface area contributed by atoms with Crippen LogP contribution in [0.15, 0.2) is 60.7 Å². The standard InChI is InChI=1S/C26H25FN4O/c1-17-28-24-12-11-19(15-25(24)29-17)26(32)31-13-5-7-20(16-31)23-10-4-8-21(30-23)14-18-6-2-3-9-22(18)27/h2-4,6,8-12,15,20H,5,7,13-14,16H2,1H3,(H,28,29). The third-order valence-corrected chi connectivity index (χ3v) is 6.13. The molecule has 6 heteroatoms. The Morgan fingerprint density at radius 1 is 1.12 bits per heavy atom. The van der Waals surface area contributed by atoms with Gasteiger partial charge in [-0.3, -0.25) is 9.78 Å². The molecular weight excluding hydrogens is 403 g/mol. The summed E-state index contributed by atoms with van der Waals surface area (Å²) in [5.74, 6) is 0.834. The Labute approximate surface area is 186 Å². The molecular formula is C26H25FN4O. The summed E-state index contributed by atoms with van der Waals surface area (Å²) < 4.78 is 14.1. The Morgan fingerprint density at radius 2 is 2.00 bits per heavy atom. The zero-order valence-electron chi connectivity index (χ0n) is 18.0. The first kappa shape index (κ1) is 20.4. The van der Waals surface area contributed by atoms with Crippen molar-refractivity contribution in [3.05, 3.63) is 94.8 Å². The summed E-state index contributed by atoms with van der Waals surface area (Å²) in [5, 5.41) is 0. The number of fused-ring (bicyclic) bond motifs is 1. The predicted molar refractivity (Wildman–Crippen MR) is 122 cm³/mol. The van der Waals surface area contributed by atoms with Crippen molar-refractivity contribution in [2.75, 3.05) is 13.1 Å². The van der Waals surface area contributed by atoms with Crippen molar-refractivity contribution in [1.82, 2.24) is 19.9 Å². The minimum Gasteiger partial charge on any atom is -0.342 e. The first-order valence-electron chi connectivity index (χ1n) is 11.0. The summed E-state index contributed by atoms with van der Waals surface area (Å²) in [6.45, 7) is 3.28. The van der Waals surface area contributed by atoms with Crippen molar-refractivity contribution in [1.29, 1.82) is 0 Å². The van der Waals surface area contributed by atoms with Gasteiger partial charge in [-0.1, -0.05) is 24.3 Å². The summed E-state index contributed by atoms with van der Waals surface area (Å²) >= 11 is 0. The van der Waals surface area contributed by atoms with Crippen LogP contribution in [0.4, 0.5) is 4.39 Å². The summed E-state index contributed by atoms with van der Waals surface area (Å²) in [7, 11) is 0. The van der Waals surface area contributed by atoms with Crippen LogP contribution in [0.5, 0.6) is 0 Å². The molecule has 1 N–H and O–H groups in total. The van der Waals surface area contributed by atoms with Crippen molar-refractivity contribution >= 4 is 16.9 Å². The number of rotatable bonds is 4. The number of likely N-dealkylation sites (tertiary alicyclic amines) is 1. The predicted octanol–water partition coefficient (Wildman–Crippen LogP) is 5.02. The number of benzene rings is 2. The number of imidazole rings is 1. The van der Waals surface area contributed by atoms with Crippen LogP contribution in [-0.2, 0) is 6.42 Å². The highest BCUT2D eigenvalue weighted by Crippen LogP contribution is 2.27. The molecule has 1 atom stereocenters. The topological polar surface area (TPSA) is 61.9 Å². The number of halogens is 1. The fourth-order valence-corrected chi connectivity index (χ4v) is 4.52. The van der Waals surface area contributed by atoms with Gasteiger partial charge >= 0.3 is 0 Å². The van der Waals surface area contributed by atoms with E-state index in [2.05, 4.69) is 9.97 Å². The van der Waals surface area contributed by atoms with Crippen LogP contribution in [0, 0.1) is 12.7 Å². The third kappa shape index (κ3) is 4.13. The zero-order chi connectivity index (χ0) is 22.1. The van der Waals surface area contributed by atoms with Gasteiger partial charge in [0.1, 0.15) is 11.6 Å². The monoisotopic (exact) mass is 428 g/mol. The Morgan fingerprint density at radius 3 is 2.88 bits per heavy atom. The largest absolute Gasteiger partial charge is 0.342 e. The Kier molecular flexibility index (Phi) is 5.43. The molecule has 0 saturated carbocycles. The molecule has 0 spiro atoms. The zero-order valence-corrected chi connectivity index (χ0v) is 18.0. The molecule has 162 valence electrons. The molecule has 1 aliphatic heterocycles. The van der Waals surface area contributed by atoms with E-state index in [1.54, 1.807) is 12.1 Å². The van der Waals surface area contributed by atoms with Gasteiger partial charge in [0.15, 0.2) is 0 Å². The summed E-state index contributed by atoms with van der Waals surface area (Å²) in [5.41, 5.74) is 4.87. The van der Waals surface area contributed by atoms with Crippen LogP contribution in [0.1, 0.15) is 51.9 Å². The number of aromatic amines is 1. The highest BCUT2D eigenvalue weighted by Gasteiger charge is 2.26. The normalized spacial score (nSPS) is 16.4. The van der Waals surface area contributed by atoms with Gasteiger partial charge in [0, 0.05) is 42.4 Å². The molecule has 5 nitrogen and oxygen atoms in total. The second-order valence-electron chi connectivity index (χ2n) is 8.47. The second kappa shape index (κ2) is 8.54. The van der Waals surface area contributed by atoms with E-state index >= 15 is 0 Å². The van der Waals surface area contributed by atoms with Gasteiger partial charge in [-0.05, 0) is 61.7 Å². The van der Waals surface area contributed by atoms with Crippen molar-refractivity contribution in [3.63, 3.8) is 0 Å². The number of hydrogen-bond acceptors (Lipinski definition) is 3. The lowest BCUT2D eigenvalue weighted by atomic mass is 9.93. The molecule has 0 bridgehead atoms. The van der Waals surface area contributed by atoms with E-state index < -0.39 is 0 Å². The lowest BCUT2D eigenvalue weighted by molar-refractivity contribution is 0.0706. The van der Waals surface area contributed by atoms with Crippen LogP contribution in [0.25, 0.3) is 11.0 Å². The fourth-order valence-electron chi connectivity index (χ4n) is 4.52. The van der Waals surface area contributed by atoms with Crippen molar-refractivity contribution < 1.29 is 9.18 Å². The molecule has 3 heterocycles. The number of nitrogens with one attached hydrogen (secondary N) is 1. The van der Waals surface area contributed by atoms with E-state index in [4.69, 9.17) is 4.98 Å². The van der Waals surface area contributed by atoms with Crippen molar-refractivity contribution in [3.8, 4) is 0 Å². The van der Waals surface area contributed by atoms with Gasteiger partial charge in [0.25, 0.3) is 5.91 Å². The molecule has 0 radical (unpaired) electrons. The molecule has 4 aromatic rings. The van der Waals surface area contributed by atoms with E-state index in [0.717, 1.165) is 47.6 Å². The van der Waals surface area contributed by atoms with Gasteiger partial charge in [-0.2, -0.15) is 0 Å². The van der Waals surface area contributed by atoms with E-state index in [1.165, 1.54) is 6.07 Å². The molecule has 2 aromatic carbocycles. The van der Waals surface area contributed by atoms with Gasteiger partial charge < -0.3 is 9.88 Å². The molecule has 1 amide bonds.